The quantitative estimate of drug-likeness (QED) is 0.183. The number of aromatic nitrogens is 6. The van der Waals surface area contributed by atoms with Crippen molar-refractivity contribution in [3.8, 4) is 56.3 Å². The fourth-order valence-corrected chi connectivity index (χ4v) is 9.24. The number of H-pyrrole nitrogens is 1. The molecule has 7 aromatic carbocycles. The van der Waals surface area contributed by atoms with Crippen LogP contribution in [-0.2, 0) is 0 Å². The van der Waals surface area contributed by atoms with Crippen LogP contribution in [0.1, 0.15) is 11.1 Å². The van der Waals surface area contributed by atoms with E-state index in [9.17, 15) is 0 Å². The maximum atomic E-state index is 5.69. The summed E-state index contributed by atoms with van der Waals surface area (Å²) in [4.78, 5) is 18.7. The fourth-order valence-electron chi connectivity index (χ4n) is 9.24. The van der Waals surface area contributed by atoms with Crippen molar-refractivity contribution >= 4 is 54.6 Å². The van der Waals surface area contributed by atoms with Crippen molar-refractivity contribution in [1.29, 1.82) is 0 Å². The Morgan fingerprint density at radius 2 is 1.20 bits per heavy atom. The number of pyridine rings is 2. The molecule has 5 aromatic heterocycles. The number of aromatic amines is 1. The lowest BCUT2D eigenvalue weighted by Gasteiger charge is -2.12. The Hall–Kier alpha value is -8.09. The summed E-state index contributed by atoms with van der Waals surface area (Å²) in [6.45, 7) is 4.37. The van der Waals surface area contributed by atoms with Crippen LogP contribution in [0.15, 0.2) is 188 Å². The van der Waals surface area contributed by atoms with Crippen LogP contribution >= 0.6 is 0 Å². The first-order chi connectivity index (χ1) is 30.1. The van der Waals surface area contributed by atoms with Crippen molar-refractivity contribution in [2.75, 3.05) is 0 Å². The molecule has 0 radical (unpaired) electrons. The fraction of sp³-hybridized carbons (Fsp3) is 0.0364. The molecule has 288 valence electrons. The van der Waals surface area contributed by atoms with E-state index in [4.69, 9.17) is 9.97 Å². The number of nitrogens with one attached hydrogen (secondary N) is 1. The van der Waals surface area contributed by atoms with E-state index < -0.39 is 0 Å². The Morgan fingerprint density at radius 3 is 2.02 bits per heavy atom. The van der Waals surface area contributed by atoms with E-state index in [0.717, 1.165) is 94.8 Å². The lowest BCUT2D eigenvalue weighted by molar-refractivity contribution is 1.08. The Balaban J connectivity index is 1.13. The summed E-state index contributed by atoms with van der Waals surface area (Å²) >= 11 is 0. The number of benzene rings is 7. The van der Waals surface area contributed by atoms with Crippen molar-refractivity contribution in [2.45, 2.75) is 13.8 Å². The summed E-state index contributed by atoms with van der Waals surface area (Å²) in [6, 6.07) is 60.8. The molecule has 0 aliphatic heterocycles. The first-order valence-corrected chi connectivity index (χ1v) is 20.7. The minimum absolute atomic E-state index is 0.871. The molecule has 0 fully saturated rings. The molecular weight excluding hydrogens is 745 g/mol. The van der Waals surface area contributed by atoms with Gasteiger partial charge >= 0.3 is 0 Å². The zero-order valence-electron chi connectivity index (χ0n) is 33.6. The third-order valence-corrected chi connectivity index (χ3v) is 12.3. The third kappa shape index (κ3) is 5.60. The molecule has 0 atom stereocenters. The van der Waals surface area contributed by atoms with Gasteiger partial charge in [0.25, 0.3) is 0 Å². The number of hydrogen-bond acceptors (Lipinski definition) is 3. The molecule has 0 spiro atoms. The molecule has 0 aliphatic rings. The molecule has 6 heteroatoms. The first kappa shape index (κ1) is 34.9. The average molecular weight is 783 g/mol. The number of aryl methyl sites for hydroxylation is 2. The molecule has 0 bridgehead atoms. The highest BCUT2D eigenvalue weighted by Gasteiger charge is 2.23. The number of para-hydroxylation sites is 2. The Labute approximate surface area is 352 Å². The van der Waals surface area contributed by atoms with Crippen LogP contribution < -0.4 is 0 Å². The maximum Gasteiger partial charge on any atom is 0.147 e. The number of nitrogens with zero attached hydrogens (tertiary/aromatic N) is 5. The second kappa shape index (κ2) is 13.8. The van der Waals surface area contributed by atoms with Gasteiger partial charge in [-0.3, -0.25) is 14.1 Å². The highest BCUT2D eigenvalue weighted by Crippen LogP contribution is 2.43. The van der Waals surface area contributed by atoms with Gasteiger partial charge in [-0.15, -0.1) is 0 Å². The highest BCUT2D eigenvalue weighted by atomic mass is 15.1. The lowest BCUT2D eigenvalue weighted by Crippen LogP contribution is -1.98. The molecule has 0 amide bonds. The number of fused-ring (bicyclic) bond motifs is 7. The number of imidazole rings is 1. The third-order valence-electron chi connectivity index (χ3n) is 12.3. The van der Waals surface area contributed by atoms with E-state index >= 15 is 0 Å². The van der Waals surface area contributed by atoms with Crippen LogP contribution in [0.4, 0.5) is 0 Å². The largest absolute Gasteiger partial charge is 0.354 e. The summed E-state index contributed by atoms with van der Waals surface area (Å²) in [5, 5.41) is 4.72. The van der Waals surface area contributed by atoms with Gasteiger partial charge in [-0.2, -0.15) is 0 Å². The minimum atomic E-state index is 0.871. The molecule has 12 rings (SSSR count). The van der Waals surface area contributed by atoms with E-state index in [1.165, 1.54) is 27.3 Å². The van der Waals surface area contributed by atoms with Gasteiger partial charge in [-0.05, 0) is 138 Å². The van der Waals surface area contributed by atoms with E-state index in [0.29, 0.717) is 0 Å². The molecule has 0 saturated carbocycles. The second-order valence-electron chi connectivity index (χ2n) is 15.9. The van der Waals surface area contributed by atoms with Gasteiger partial charge in [-0.1, -0.05) is 84.9 Å². The van der Waals surface area contributed by atoms with Gasteiger partial charge in [0.15, 0.2) is 0 Å². The summed E-state index contributed by atoms with van der Waals surface area (Å²) in [5.41, 5.74) is 17.7. The van der Waals surface area contributed by atoms with Crippen molar-refractivity contribution in [1.82, 2.24) is 29.1 Å². The second-order valence-corrected chi connectivity index (χ2v) is 15.9. The van der Waals surface area contributed by atoms with E-state index in [1.54, 1.807) is 0 Å². The van der Waals surface area contributed by atoms with Crippen LogP contribution in [0, 0.1) is 13.8 Å². The first-order valence-electron chi connectivity index (χ1n) is 20.7. The summed E-state index contributed by atoms with van der Waals surface area (Å²) in [5.74, 6) is 1.75. The van der Waals surface area contributed by atoms with Gasteiger partial charge in [0.05, 0.1) is 27.6 Å². The molecule has 6 nitrogen and oxygen atoms in total. The Kier molecular flexibility index (Phi) is 7.87. The van der Waals surface area contributed by atoms with E-state index in [2.05, 4.69) is 191 Å². The van der Waals surface area contributed by atoms with Crippen LogP contribution in [0.2, 0.25) is 0 Å². The molecule has 0 aliphatic carbocycles. The van der Waals surface area contributed by atoms with Gasteiger partial charge in [0.2, 0.25) is 0 Å². The van der Waals surface area contributed by atoms with Crippen molar-refractivity contribution in [3.05, 3.63) is 200 Å². The molecule has 0 unspecified atom stereocenters. The molecule has 0 saturated heterocycles. The normalized spacial score (nSPS) is 11.8. The SMILES string of the molecule is Cc1cc2[nH]c3c(-c4nc5c(-c6ccc7c8cc(-c9ccncc9)ccc8n(-c8ccccn8)c7c6)cccc5n4-c4ccccc4)cc(-c4ccccc4)cc3c2cc1C. The van der Waals surface area contributed by atoms with Crippen molar-refractivity contribution in [3.63, 3.8) is 0 Å². The monoisotopic (exact) mass is 782 g/mol. The molecule has 5 heterocycles. The van der Waals surface area contributed by atoms with Crippen LogP contribution in [0.25, 0.3) is 111 Å². The van der Waals surface area contributed by atoms with Gasteiger partial charge in [0, 0.05) is 62.5 Å². The van der Waals surface area contributed by atoms with Gasteiger partial charge < -0.3 is 4.98 Å². The number of rotatable bonds is 6. The summed E-state index contributed by atoms with van der Waals surface area (Å²) in [7, 11) is 0. The molecule has 1 N–H and O–H groups in total. The summed E-state index contributed by atoms with van der Waals surface area (Å²) in [6.07, 6.45) is 5.55. The van der Waals surface area contributed by atoms with Gasteiger partial charge in [0.1, 0.15) is 11.6 Å². The molecule has 61 heavy (non-hydrogen) atoms. The van der Waals surface area contributed by atoms with Crippen LogP contribution in [0.5, 0.6) is 0 Å². The van der Waals surface area contributed by atoms with Crippen molar-refractivity contribution in [2.24, 2.45) is 0 Å². The zero-order chi connectivity index (χ0) is 40.6. The number of hydrogen-bond donors (Lipinski definition) is 1. The van der Waals surface area contributed by atoms with Gasteiger partial charge in [-0.25, -0.2) is 9.97 Å². The van der Waals surface area contributed by atoms with E-state index in [-0.39, 0.29) is 0 Å². The molecular formula is C55H38N6. The topological polar surface area (TPSA) is 64.3 Å². The highest BCUT2D eigenvalue weighted by molar-refractivity contribution is 6.15. The zero-order valence-corrected chi connectivity index (χ0v) is 33.6. The Bertz CT molecular complexity index is 3640. The maximum absolute atomic E-state index is 5.69. The van der Waals surface area contributed by atoms with Crippen LogP contribution in [0.3, 0.4) is 0 Å². The standard InChI is InChI=1S/C55H38N6/c1-34-28-44-46-31-40(36-12-5-3-6-13-36)32-47(53(46)58-48(44)29-35(34)2)55-59-54-42(16-11-17-50(54)60(55)41-14-7-4-8-15-41)39-19-21-43-45-30-38(37-23-26-56-27-24-37)20-22-49(45)61(51(43)33-39)52-18-9-10-25-57-52/h3-33,58H,1-2H3. The minimum Gasteiger partial charge on any atom is -0.354 e. The van der Waals surface area contributed by atoms with Crippen LogP contribution in [-0.4, -0.2) is 29.1 Å². The van der Waals surface area contributed by atoms with Crippen molar-refractivity contribution < 1.29 is 0 Å². The van der Waals surface area contributed by atoms with E-state index in [1.807, 2.05) is 30.7 Å². The predicted octanol–water partition coefficient (Wildman–Crippen LogP) is 13.8. The lowest BCUT2D eigenvalue weighted by atomic mass is 9.98. The predicted molar refractivity (Wildman–Crippen MR) is 252 cm³/mol. The molecule has 12 aromatic rings. The average Bonchev–Trinajstić information content (AvgIpc) is 3.99. The smallest absolute Gasteiger partial charge is 0.147 e. The Morgan fingerprint density at radius 1 is 0.443 bits per heavy atom. The summed E-state index contributed by atoms with van der Waals surface area (Å²) < 4.78 is 4.61.